The summed E-state index contributed by atoms with van der Waals surface area (Å²) in [6, 6.07) is 13.8. The van der Waals surface area contributed by atoms with Gasteiger partial charge in [-0.05, 0) is 32.4 Å². The van der Waals surface area contributed by atoms with E-state index in [0.717, 1.165) is 37.1 Å². The first kappa shape index (κ1) is 15.7. The predicted octanol–water partition coefficient (Wildman–Crippen LogP) is 3.42. The van der Waals surface area contributed by atoms with Gasteiger partial charge in [-0.15, -0.1) is 0 Å². The van der Waals surface area contributed by atoms with Gasteiger partial charge in [0.2, 0.25) is 5.88 Å². The molecule has 120 valence electrons. The number of ether oxygens (including phenoxy) is 1. The van der Waals surface area contributed by atoms with Crippen molar-refractivity contribution in [2.24, 2.45) is 0 Å². The van der Waals surface area contributed by atoms with Gasteiger partial charge in [0.05, 0.1) is 5.69 Å². The van der Waals surface area contributed by atoms with Gasteiger partial charge in [-0.3, -0.25) is 9.69 Å². The summed E-state index contributed by atoms with van der Waals surface area (Å²) in [6.45, 7) is 6.44. The Morgan fingerprint density at radius 2 is 2.09 bits per heavy atom. The van der Waals surface area contributed by atoms with E-state index in [1.807, 2.05) is 36.4 Å². The van der Waals surface area contributed by atoms with Crippen molar-refractivity contribution in [3.8, 4) is 17.1 Å². The van der Waals surface area contributed by atoms with Crippen LogP contribution in [-0.4, -0.2) is 41.4 Å². The second kappa shape index (κ2) is 6.92. The molecular weight excluding hydrogens is 288 g/mol. The monoisotopic (exact) mass is 310 g/mol. The molecule has 0 spiro atoms. The minimum Gasteiger partial charge on any atom is -0.473 e. The van der Waals surface area contributed by atoms with Crippen LogP contribution in [0.25, 0.3) is 11.3 Å². The van der Waals surface area contributed by atoms with Crippen LogP contribution in [0.15, 0.2) is 42.5 Å². The number of hydrogen-bond donors (Lipinski definition) is 0. The minimum atomic E-state index is 0.196. The molecule has 1 aliphatic heterocycles. The third kappa shape index (κ3) is 3.77. The Kier molecular flexibility index (Phi) is 4.72. The maximum absolute atomic E-state index is 10.9. The molecule has 3 rings (SSSR count). The molecule has 1 aromatic heterocycles. The van der Waals surface area contributed by atoms with Crippen molar-refractivity contribution < 1.29 is 9.53 Å². The van der Waals surface area contributed by atoms with E-state index < -0.39 is 0 Å². The fourth-order valence-corrected chi connectivity index (χ4v) is 2.90. The average molecular weight is 310 g/mol. The van der Waals surface area contributed by atoms with E-state index >= 15 is 0 Å². The number of hydrogen-bond acceptors (Lipinski definition) is 4. The smallest absolute Gasteiger partial charge is 0.214 e. The number of carbonyl (C=O) groups is 1. The Hall–Kier alpha value is -2.20. The van der Waals surface area contributed by atoms with Crippen molar-refractivity contribution in [3.63, 3.8) is 0 Å². The lowest BCUT2D eigenvalue weighted by Crippen LogP contribution is -2.30. The molecule has 1 unspecified atom stereocenters. The van der Waals surface area contributed by atoms with Crippen molar-refractivity contribution in [2.75, 3.05) is 13.1 Å². The number of carbonyl (C=O) groups excluding carboxylic acids is 1. The standard InChI is InChI=1S/C19H22N2O2/c1-14(2)21-10-9-17(12-21)23-19-8-4-7-18(20-19)16-6-3-5-15(11-16)13-22/h3-8,11,13-14,17H,9-10,12H2,1-2H3. The Labute approximate surface area is 137 Å². The van der Waals surface area contributed by atoms with Gasteiger partial charge in [-0.1, -0.05) is 24.3 Å². The van der Waals surface area contributed by atoms with E-state index in [-0.39, 0.29) is 6.10 Å². The van der Waals surface area contributed by atoms with Crippen LogP contribution in [0, 0.1) is 0 Å². The minimum absolute atomic E-state index is 0.196. The fraction of sp³-hybridized carbons (Fsp3) is 0.368. The third-order valence-electron chi connectivity index (χ3n) is 4.24. The predicted molar refractivity (Wildman–Crippen MR) is 90.8 cm³/mol. The SMILES string of the molecule is CC(C)N1CCC(Oc2cccc(-c3cccc(C=O)c3)n2)C1. The van der Waals surface area contributed by atoms with Crippen molar-refractivity contribution in [1.82, 2.24) is 9.88 Å². The lowest BCUT2D eigenvalue weighted by Gasteiger charge is -2.20. The van der Waals surface area contributed by atoms with E-state index in [0.29, 0.717) is 17.5 Å². The van der Waals surface area contributed by atoms with Crippen LogP contribution >= 0.6 is 0 Å². The second-order valence-corrected chi connectivity index (χ2v) is 6.22. The molecule has 4 heteroatoms. The molecule has 0 radical (unpaired) electrons. The molecular formula is C19H22N2O2. The Balaban J connectivity index is 1.74. The van der Waals surface area contributed by atoms with E-state index in [4.69, 9.17) is 4.74 Å². The third-order valence-corrected chi connectivity index (χ3v) is 4.24. The summed E-state index contributed by atoms with van der Waals surface area (Å²) < 4.78 is 6.05. The van der Waals surface area contributed by atoms with E-state index in [1.165, 1.54) is 0 Å². The topological polar surface area (TPSA) is 42.4 Å². The second-order valence-electron chi connectivity index (χ2n) is 6.22. The summed E-state index contributed by atoms with van der Waals surface area (Å²) in [5, 5.41) is 0. The lowest BCUT2D eigenvalue weighted by molar-refractivity contribution is 0.112. The summed E-state index contributed by atoms with van der Waals surface area (Å²) in [5.41, 5.74) is 2.40. The van der Waals surface area contributed by atoms with Crippen LogP contribution < -0.4 is 4.74 Å². The van der Waals surface area contributed by atoms with Gasteiger partial charge in [0.15, 0.2) is 0 Å². The lowest BCUT2D eigenvalue weighted by atomic mass is 10.1. The normalized spacial score (nSPS) is 18.3. The first-order valence-electron chi connectivity index (χ1n) is 8.09. The molecule has 0 saturated carbocycles. The molecule has 1 aromatic carbocycles. The summed E-state index contributed by atoms with van der Waals surface area (Å²) in [4.78, 5) is 17.9. The molecule has 2 heterocycles. The zero-order chi connectivity index (χ0) is 16.2. The Morgan fingerprint density at radius 1 is 1.26 bits per heavy atom. The van der Waals surface area contributed by atoms with Gasteiger partial charge in [-0.25, -0.2) is 4.98 Å². The summed E-state index contributed by atoms with van der Waals surface area (Å²) in [7, 11) is 0. The summed E-state index contributed by atoms with van der Waals surface area (Å²) in [5.74, 6) is 0.648. The number of aldehydes is 1. The van der Waals surface area contributed by atoms with Crippen LogP contribution in [0.3, 0.4) is 0 Å². The van der Waals surface area contributed by atoms with Crippen LogP contribution in [0.2, 0.25) is 0 Å². The molecule has 0 N–H and O–H groups in total. The van der Waals surface area contributed by atoms with Gasteiger partial charge < -0.3 is 4.74 Å². The van der Waals surface area contributed by atoms with Crippen LogP contribution in [0.4, 0.5) is 0 Å². The maximum Gasteiger partial charge on any atom is 0.214 e. The average Bonchev–Trinajstić information content (AvgIpc) is 3.04. The van der Waals surface area contributed by atoms with Crippen molar-refractivity contribution >= 4 is 6.29 Å². The maximum atomic E-state index is 10.9. The first-order valence-corrected chi connectivity index (χ1v) is 8.09. The van der Waals surface area contributed by atoms with Crippen molar-refractivity contribution in [1.29, 1.82) is 0 Å². The van der Waals surface area contributed by atoms with Gasteiger partial charge in [0.1, 0.15) is 12.4 Å². The molecule has 0 bridgehead atoms. The molecule has 1 saturated heterocycles. The highest BCUT2D eigenvalue weighted by Gasteiger charge is 2.25. The van der Waals surface area contributed by atoms with Gasteiger partial charge >= 0.3 is 0 Å². The number of pyridine rings is 1. The van der Waals surface area contributed by atoms with Crippen molar-refractivity contribution in [3.05, 3.63) is 48.0 Å². The molecule has 1 fully saturated rings. The molecule has 0 aliphatic carbocycles. The highest BCUT2D eigenvalue weighted by molar-refractivity contribution is 5.78. The van der Waals surface area contributed by atoms with Crippen LogP contribution in [0.1, 0.15) is 30.6 Å². The molecule has 1 aliphatic rings. The highest BCUT2D eigenvalue weighted by Crippen LogP contribution is 2.23. The van der Waals surface area contributed by atoms with Gasteiger partial charge in [0.25, 0.3) is 0 Å². The van der Waals surface area contributed by atoms with E-state index in [9.17, 15) is 4.79 Å². The summed E-state index contributed by atoms with van der Waals surface area (Å²) in [6.07, 6.45) is 2.08. The number of likely N-dealkylation sites (tertiary alicyclic amines) is 1. The largest absolute Gasteiger partial charge is 0.473 e. The zero-order valence-electron chi connectivity index (χ0n) is 13.6. The number of benzene rings is 1. The number of aromatic nitrogens is 1. The van der Waals surface area contributed by atoms with Crippen LogP contribution in [-0.2, 0) is 0 Å². The molecule has 4 nitrogen and oxygen atoms in total. The quantitative estimate of drug-likeness (QED) is 0.794. The Morgan fingerprint density at radius 3 is 2.83 bits per heavy atom. The van der Waals surface area contributed by atoms with Gasteiger partial charge in [-0.2, -0.15) is 0 Å². The Bertz CT molecular complexity index is 685. The number of nitrogens with zero attached hydrogens (tertiary/aromatic N) is 2. The summed E-state index contributed by atoms with van der Waals surface area (Å²) >= 11 is 0. The van der Waals surface area contributed by atoms with Crippen molar-refractivity contribution in [2.45, 2.75) is 32.4 Å². The van der Waals surface area contributed by atoms with E-state index in [2.05, 4.69) is 23.7 Å². The van der Waals surface area contributed by atoms with Gasteiger partial charge in [0, 0.05) is 36.3 Å². The highest BCUT2D eigenvalue weighted by atomic mass is 16.5. The molecule has 1 atom stereocenters. The molecule has 0 amide bonds. The van der Waals surface area contributed by atoms with Crippen LogP contribution in [0.5, 0.6) is 5.88 Å². The number of rotatable bonds is 5. The molecule has 2 aromatic rings. The zero-order valence-corrected chi connectivity index (χ0v) is 13.6. The fourth-order valence-electron chi connectivity index (χ4n) is 2.90. The van der Waals surface area contributed by atoms with E-state index in [1.54, 1.807) is 6.07 Å². The molecule has 23 heavy (non-hydrogen) atoms. The first-order chi connectivity index (χ1) is 11.2.